The van der Waals surface area contributed by atoms with E-state index in [1.54, 1.807) is 0 Å². The maximum atomic E-state index is 2.45. The monoisotopic (exact) mass is 817 g/mol. The molecule has 8 aromatic carbocycles. The molecule has 0 bridgehead atoms. The highest BCUT2D eigenvalue weighted by Crippen LogP contribution is 2.48. The van der Waals surface area contributed by atoms with Crippen LogP contribution in [0.5, 0.6) is 0 Å². The second-order valence-corrected chi connectivity index (χ2v) is 17.9. The number of fused-ring (bicyclic) bond motifs is 3. The van der Waals surface area contributed by atoms with Gasteiger partial charge >= 0.3 is 0 Å². The molecule has 0 saturated heterocycles. The molecule has 1 aromatic heterocycles. The molecule has 9 aromatic rings. The van der Waals surface area contributed by atoms with Crippen molar-refractivity contribution in [3.63, 3.8) is 0 Å². The Bertz CT molecular complexity index is 2920. The van der Waals surface area contributed by atoms with E-state index in [9.17, 15) is 0 Å². The zero-order chi connectivity index (χ0) is 42.0. The Hall–Kier alpha value is -6.84. The first-order valence-corrected chi connectivity index (χ1v) is 23.3. The van der Waals surface area contributed by atoms with E-state index < -0.39 is 0 Å². The average molecular weight is 818 g/mol. The van der Waals surface area contributed by atoms with Gasteiger partial charge in [-0.3, -0.25) is 0 Å². The minimum Gasteiger partial charge on any atom is -0.311 e. The SMILES string of the molecule is c1ccc(N(c2ccc(C3CCCCC3)cc2)c2ccc(C3(c4ccc(N(c5ccccc5)c5cccc6c5c5ccccc5n6-c5ccccc5)cc4)CCCCC3)cc2)cc1. The number of rotatable bonds is 10. The highest BCUT2D eigenvalue weighted by molar-refractivity contribution is 6.16. The zero-order valence-corrected chi connectivity index (χ0v) is 36.1. The number of benzene rings is 8. The van der Waals surface area contributed by atoms with Crippen molar-refractivity contribution in [2.75, 3.05) is 9.80 Å². The van der Waals surface area contributed by atoms with Crippen molar-refractivity contribution in [1.29, 1.82) is 0 Å². The highest BCUT2D eigenvalue weighted by atomic mass is 15.2. The predicted molar refractivity (Wildman–Crippen MR) is 266 cm³/mol. The molecule has 0 spiro atoms. The Labute approximate surface area is 372 Å². The summed E-state index contributed by atoms with van der Waals surface area (Å²) in [6, 6.07) is 76.8. The van der Waals surface area contributed by atoms with Gasteiger partial charge in [-0.05, 0) is 139 Å². The number of anilines is 6. The summed E-state index contributed by atoms with van der Waals surface area (Å²) in [7, 11) is 0. The largest absolute Gasteiger partial charge is 0.311 e. The zero-order valence-electron chi connectivity index (χ0n) is 36.1. The lowest BCUT2D eigenvalue weighted by molar-refractivity contribution is 0.346. The normalized spacial score (nSPS) is 15.4. The summed E-state index contributed by atoms with van der Waals surface area (Å²) in [5, 5.41) is 2.50. The van der Waals surface area contributed by atoms with Crippen molar-refractivity contribution in [2.24, 2.45) is 0 Å². The van der Waals surface area contributed by atoms with E-state index in [4.69, 9.17) is 0 Å². The topological polar surface area (TPSA) is 11.4 Å². The molecule has 63 heavy (non-hydrogen) atoms. The fourth-order valence-electron chi connectivity index (χ4n) is 11.2. The van der Waals surface area contributed by atoms with E-state index in [-0.39, 0.29) is 5.41 Å². The van der Waals surface area contributed by atoms with E-state index in [0.29, 0.717) is 5.92 Å². The first-order valence-electron chi connectivity index (χ1n) is 23.3. The first kappa shape index (κ1) is 39.0. The van der Waals surface area contributed by atoms with Gasteiger partial charge in [0.2, 0.25) is 0 Å². The number of hydrogen-bond acceptors (Lipinski definition) is 2. The van der Waals surface area contributed by atoms with Gasteiger partial charge in [0.25, 0.3) is 0 Å². The summed E-state index contributed by atoms with van der Waals surface area (Å²) >= 11 is 0. The van der Waals surface area contributed by atoms with Crippen LogP contribution in [0.2, 0.25) is 0 Å². The van der Waals surface area contributed by atoms with Crippen molar-refractivity contribution in [3.8, 4) is 5.69 Å². The number of aromatic nitrogens is 1. The van der Waals surface area contributed by atoms with Crippen molar-refractivity contribution in [1.82, 2.24) is 4.57 Å². The maximum absolute atomic E-state index is 2.45. The summed E-state index contributed by atoms with van der Waals surface area (Å²) in [6.45, 7) is 0. The fraction of sp³-hybridized carbons (Fsp3) is 0.200. The van der Waals surface area contributed by atoms with E-state index in [2.05, 4.69) is 221 Å². The van der Waals surface area contributed by atoms with Crippen LogP contribution in [-0.4, -0.2) is 4.57 Å². The Balaban J connectivity index is 0.969. The Morgan fingerprint density at radius 1 is 0.381 bits per heavy atom. The van der Waals surface area contributed by atoms with E-state index >= 15 is 0 Å². The third kappa shape index (κ3) is 7.30. The molecule has 2 saturated carbocycles. The molecular formula is C60H55N3. The molecule has 0 atom stereocenters. The smallest absolute Gasteiger partial charge is 0.0562 e. The third-order valence-electron chi connectivity index (χ3n) is 14.3. The van der Waals surface area contributed by atoms with E-state index in [1.807, 2.05) is 0 Å². The van der Waals surface area contributed by atoms with Gasteiger partial charge < -0.3 is 14.4 Å². The van der Waals surface area contributed by atoms with Crippen LogP contribution in [0.25, 0.3) is 27.5 Å². The van der Waals surface area contributed by atoms with Crippen LogP contribution >= 0.6 is 0 Å². The standard InChI is InChI=1S/C60H55N3/c1-6-19-45(20-7-1)46-31-37-52(38-32-46)61(49-21-8-2-9-22-49)53-39-33-47(34-40-53)60(43-16-5-17-44-60)48-35-41-54(42-36-48)62(50-23-10-3-11-24-50)57-29-18-30-58-59(57)55-27-14-15-28-56(55)63(58)51-25-12-4-13-26-51/h2-4,8-15,18,21-42,45H,1,5-7,16-17,19-20,43-44H2. The summed E-state index contributed by atoms with van der Waals surface area (Å²) in [5.74, 6) is 0.696. The predicted octanol–water partition coefficient (Wildman–Crippen LogP) is 17.0. The quantitative estimate of drug-likeness (QED) is 0.136. The van der Waals surface area contributed by atoms with Crippen LogP contribution in [-0.2, 0) is 5.41 Å². The lowest BCUT2D eigenvalue weighted by Gasteiger charge is -2.39. The molecule has 0 unspecified atom stereocenters. The fourth-order valence-corrected chi connectivity index (χ4v) is 11.2. The van der Waals surface area contributed by atoms with Crippen LogP contribution in [0, 0.1) is 0 Å². The maximum Gasteiger partial charge on any atom is 0.0562 e. The molecule has 3 nitrogen and oxygen atoms in total. The van der Waals surface area contributed by atoms with E-state index in [0.717, 1.165) is 24.2 Å². The third-order valence-corrected chi connectivity index (χ3v) is 14.3. The van der Waals surface area contributed by atoms with Gasteiger partial charge in [0.05, 0.1) is 16.7 Å². The van der Waals surface area contributed by atoms with Gasteiger partial charge in [0, 0.05) is 50.3 Å². The van der Waals surface area contributed by atoms with Gasteiger partial charge in [0.15, 0.2) is 0 Å². The minimum absolute atomic E-state index is 0.0464. The molecule has 310 valence electrons. The van der Waals surface area contributed by atoms with Crippen molar-refractivity contribution in [3.05, 3.63) is 223 Å². The first-order chi connectivity index (χ1) is 31.2. The molecule has 0 radical (unpaired) electrons. The summed E-state index contributed by atoms with van der Waals surface area (Å²) < 4.78 is 2.41. The number of nitrogens with zero attached hydrogens (tertiary/aromatic N) is 3. The molecule has 2 fully saturated rings. The molecule has 2 aliphatic carbocycles. The number of hydrogen-bond donors (Lipinski definition) is 0. The Kier molecular flexibility index (Phi) is 10.6. The van der Waals surface area contributed by atoms with Crippen LogP contribution in [0.3, 0.4) is 0 Å². The van der Waals surface area contributed by atoms with Crippen LogP contribution in [0.1, 0.15) is 86.8 Å². The molecular weight excluding hydrogens is 763 g/mol. The van der Waals surface area contributed by atoms with Crippen LogP contribution < -0.4 is 9.80 Å². The molecule has 2 aliphatic rings. The molecule has 3 heteroatoms. The minimum atomic E-state index is -0.0464. The highest BCUT2D eigenvalue weighted by Gasteiger charge is 2.36. The molecule has 11 rings (SSSR count). The van der Waals surface area contributed by atoms with Crippen molar-refractivity contribution < 1.29 is 0 Å². The lowest BCUT2D eigenvalue weighted by atomic mass is 9.65. The second kappa shape index (κ2) is 17.1. The van der Waals surface area contributed by atoms with Crippen molar-refractivity contribution >= 4 is 55.9 Å². The molecule has 0 aliphatic heterocycles. The van der Waals surface area contributed by atoms with Gasteiger partial charge in [-0.25, -0.2) is 0 Å². The number of para-hydroxylation sites is 4. The molecule has 0 amide bonds. The van der Waals surface area contributed by atoms with Crippen LogP contribution in [0.15, 0.2) is 206 Å². The lowest BCUT2D eigenvalue weighted by Crippen LogP contribution is -2.30. The summed E-state index contributed by atoms with van der Waals surface area (Å²) in [6.07, 6.45) is 12.8. The van der Waals surface area contributed by atoms with Crippen LogP contribution in [0.4, 0.5) is 34.1 Å². The Morgan fingerprint density at radius 2 is 0.857 bits per heavy atom. The van der Waals surface area contributed by atoms with E-state index in [1.165, 1.54) is 118 Å². The average Bonchev–Trinajstić information content (AvgIpc) is 3.71. The molecule has 1 heterocycles. The Morgan fingerprint density at radius 3 is 1.48 bits per heavy atom. The molecule has 0 N–H and O–H groups in total. The van der Waals surface area contributed by atoms with Gasteiger partial charge in [-0.15, -0.1) is 0 Å². The van der Waals surface area contributed by atoms with Gasteiger partial charge in [-0.2, -0.15) is 0 Å². The second-order valence-electron chi connectivity index (χ2n) is 17.9. The summed E-state index contributed by atoms with van der Waals surface area (Å²) in [4.78, 5) is 4.88. The van der Waals surface area contributed by atoms with Gasteiger partial charge in [0.1, 0.15) is 0 Å². The van der Waals surface area contributed by atoms with Crippen molar-refractivity contribution in [2.45, 2.75) is 75.5 Å². The van der Waals surface area contributed by atoms with Gasteiger partial charge in [-0.1, -0.05) is 154 Å². The summed E-state index contributed by atoms with van der Waals surface area (Å²) in [5.41, 5.74) is 14.9.